The van der Waals surface area contributed by atoms with Crippen LogP contribution in [-0.2, 0) is 32.7 Å². The van der Waals surface area contributed by atoms with Crippen molar-refractivity contribution in [2.75, 3.05) is 13.2 Å². The van der Waals surface area contributed by atoms with E-state index in [0.717, 1.165) is 44.9 Å². The summed E-state index contributed by atoms with van der Waals surface area (Å²) in [5, 5.41) is 50.1. The second-order valence-corrected chi connectivity index (χ2v) is 17.0. The molecule has 0 amide bonds. The number of phosphoric ester groups is 1. The van der Waals surface area contributed by atoms with Crippen LogP contribution in [0.5, 0.6) is 0 Å². The molecule has 0 aromatic rings. The van der Waals surface area contributed by atoms with Gasteiger partial charge in [0.2, 0.25) is 0 Å². The van der Waals surface area contributed by atoms with Crippen molar-refractivity contribution in [1.29, 1.82) is 0 Å². The minimum atomic E-state index is -5.13. The van der Waals surface area contributed by atoms with Gasteiger partial charge in [-0.05, 0) is 51.4 Å². The molecule has 0 bridgehead atoms. The first kappa shape index (κ1) is 54.8. The van der Waals surface area contributed by atoms with E-state index in [9.17, 15) is 44.6 Å². The maximum absolute atomic E-state index is 12.8. The number of ether oxygens (including phenoxy) is 2. The Kier molecular flexibility index (Phi) is 32.9. The number of unbranched alkanes of at least 4 members (excludes halogenated alkanes) is 16. The standard InChI is InChI=1S/C45H79O13P/c1-3-5-7-9-11-13-15-17-18-19-20-22-24-26-28-30-32-34-39(47)57-37(36-56-59(53,54)58-45-43(51)41(49)40(48)42(50)44(45)52)35-55-38(46)33-31-29-27-25-23-21-16-14-12-10-8-6-4-2/h11,13,17-18,20,22,26,28,37,40-45,48-52H,3-10,12,14-16,19,21,23-25,27,29-36H2,1-2H3,(H,53,54)/b13-11+,18-17+,22-20+,28-26+. The highest BCUT2D eigenvalue weighted by atomic mass is 31.2. The van der Waals surface area contributed by atoms with E-state index < -0.39 is 75.7 Å². The summed E-state index contributed by atoms with van der Waals surface area (Å²) in [6.45, 7) is 3.21. The normalized spacial score (nSPS) is 22.8. The van der Waals surface area contributed by atoms with Crippen LogP contribution >= 0.6 is 7.82 Å². The fraction of sp³-hybridized carbons (Fsp3) is 0.778. The van der Waals surface area contributed by atoms with Gasteiger partial charge in [-0.2, -0.15) is 0 Å². The van der Waals surface area contributed by atoms with Crippen molar-refractivity contribution in [3.05, 3.63) is 48.6 Å². The molecule has 1 aliphatic rings. The average molecular weight is 859 g/mol. The molecule has 1 fully saturated rings. The lowest BCUT2D eigenvalue weighted by Crippen LogP contribution is -2.64. The molecule has 0 aliphatic heterocycles. The van der Waals surface area contributed by atoms with E-state index in [1.807, 2.05) is 12.2 Å². The number of carbonyl (C=O) groups is 2. The molecule has 0 aromatic carbocycles. The number of aliphatic hydroxyl groups is 5. The van der Waals surface area contributed by atoms with Crippen LogP contribution in [-0.4, -0.2) is 98.3 Å². The molecule has 0 saturated heterocycles. The molecule has 6 N–H and O–H groups in total. The van der Waals surface area contributed by atoms with Gasteiger partial charge in [-0.3, -0.25) is 18.6 Å². The Morgan fingerprint density at radius 1 is 0.525 bits per heavy atom. The Bertz CT molecular complexity index is 1220. The highest BCUT2D eigenvalue weighted by Gasteiger charge is 2.51. The van der Waals surface area contributed by atoms with Gasteiger partial charge in [0.25, 0.3) is 0 Å². The molecule has 1 aliphatic carbocycles. The number of hydrogen-bond donors (Lipinski definition) is 6. The van der Waals surface area contributed by atoms with Crippen molar-refractivity contribution in [3.63, 3.8) is 0 Å². The van der Waals surface area contributed by atoms with E-state index in [1.165, 1.54) is 77.0 Å². The summed E-state index contributed by atoms with van der Waals surface area (Å²) >= 11 is 0. The monoisotopic (exact) mass is 859 g/mol. The summed E-state index contributed by atoms with van der Waals surface area (Å²) in [5.41, 5.74) is 0. The molecule has 1 rings (SSSR count). The predicted molar refractivity (Wildman–Crippen MR) is 230 cm³/mol. The molecule has 0 aromatic heterocycles. The number of esters is 2. The molecular weight excluding hydrogens is 779 g/mol. The largest absolute Gasteiger partial charge is 0.472 e. The second-order valence-electron chi connectivity index (χ2n) is 15.6. The first-order valence-electron chi connectivity index (χ1n) is 22.4. The third-order valence-electron chi connectivity index (χ3n) is 10.2. The molecule has 14 heteroatoms. The number of hydrogen-bond acceptors (Lipinski definition) is 12. The average Bonchev–Trinajstić information content (AvgIpc) is 3.21. The minimum absolute atomic E-state index is 0.0211. The Hall–Kier alpha value is -2.19. The molecule has 0 radical (unpaired) electrons. The van der Waals surface area contributed by atoms with Crippen molar-refractivity contribution in [2.24, 2.45) is 0 Å². The van der Waals surface area contributed by atoms with Crippen molar-refractivity contribution in [2.45, 2.75) is 211 Å². The van der Waals surface area contributed by atoms with Crippen LogP contribution in [0, 0.1) is 0 Å². The van der Waals surface area contributed by atoms with Crippen LogP contribution in [0.4, 0.5) is 0 Å². The van der Waals surface area contributed by atoms with Gasteiger partial charge in [-0.15, -0.1) is 0 Å². The first-order valence-corrected chi connectivity index (χ1v) is 23.9. The topological polar surface area (TPSA) is 210 Å². The van der Waals surface area contributed by atoms with E-state index >= 15 is 0 Å². The van der Waals surface area contributed by atoms with Gasteiger partial charge in [-0.1, -0.05) is 152 Å². The van der Waals surface area contributed by atoms with Gasteiger partial charge in [0.15, 0.2) is 6.10 Å². The third-order valence-corrected chi connectivity index (χ3v) is 11.2. The highest BCUT2D eigenvalue weighted by molar-refractivity contribution is 7.47. The molecule has 1 saturated carbocycles. The molecule has 6 atom stereocenters. The predicted octanol–water partition coefficient (Wildman–Crippen LogP) is 8.39. The molecule has 13 nitrogen and oxygen atoms in total. The second kappa shape index (κ2) is 35.4. The van der Waals surface area contributed by atoms with Crippen LogP contribution in [0.15, 0.2) is 48.6 Å². The lowest BCUT2D eigenvalue weighted by Gasteiger charge is -2.41. The Morgan fingerprint density at radius 3 is 1.44 bits per heavy atom. The van der Waals surface area contributed by atoms with Crippen molar-refractivity contribution in [1.82, 2.24) is 0 Å². The zero-order valence-corrected chi connectivity index (χ0v) is 36.9. The Balaban J connectivity index is 2.53. The lowest BCUT2D eigenvalue weighted by atomic mass is 9.85. The van der Waals surface area contributed by atoms with Crippen molar-refractivity contribution >= 4 is 19.8 Å². The van der Waals surface area contributed by atoms with E-state index in [4.69, 9.17) is 18.5 Å². The summed E-state index contributed by atoms with van der Waals surface area (Å²) in [6, 6.07) is 0. The van der Waals surface area contributed by atoms with Crippen molar-refractivity contribution in [3.8, 4) is 0 Å². The van der Waals surface area contributed by atoms with Gasteiger partial charge in [0.05, 0.1) is 6.61 Å². The van der Waals surface area contributed by atoms with Crippen LogP contribution in [0.25, 0.3) is 0 Å². The number of rotatable bonds is 36. The number of aliphatic hydroxyl groups excluding tert-OH is 5. The lowest BCUT2D eigenvalue weighted by molar-refractivity contribution is -0.220. The highest BCUT2D eigenvalue weighted by Crippen LogP contribution is 2.47. The maximum Gasteiger partial charge on any atom is 0.472 e. The van der Waals surface area contributed by atoms with Crippen LogP contribution in [0.1, 0.15) is 168 Å². The minimum Gasteiger partial charge on any atom is -0.462 e. The Labute approximate surface area is 354 Å². The summed E-state index contributed by atoms with van der Waals surface area (Å²) in [7, 11) is -5.13. The van der Waals surface area contributed by atoms with Gasteiger partial charge in [0.1, 0.15) is 43.2 Å². The van der Waals surface area contributed by atoms with Crippen LogP contribution < -0.4 is 0 Å². The molecule has 0 heterocycles. The molecule has 342 valence electrons. The third kappa shape index (κ3) is 28.1. The maximum atomic E-state index is 12.8. The zero-order chi connectivity index (χ0) is 43.6. The fourth-order valence-corrected chi connectivity index (χ4v) is 7.49. The van der Waals surface area contributed by atoms with Crippen LogP contribution in [0.3, 0.4) is 0 Å². The van der Waals surface area contributed by atoms with Crippen LogP contribution in [0.2, 0.25) is 0 Å². The quantitative estimate of drug-likeness (QED) is 0.0152. The molecule has 6 unspecified atom stereocenters. The molecule has 0 spiro atoms. The number of phosphoric acid groups is 1. The summed E-state index contributed by atoms with van der Waals surface area (Å²) < 4.78 is 33.4. The Morgan fingerprint density at radius 2 is 0.932 bits per heavy atom. The number of allylic oxidation sites excluding steroid dienone is 8. The summed E-state index contributed by atoms with van der Waals surface area (Å²) in [6.07, 6.45) is 27.5. The first-order chi connectivity index (χ1) is 28.4. The van der Waals surface area contributed by atoms with Gasteiger partial charge < -0.3 is 39.9 Å². The summed E-state index contributed by atoms with van der Waals surface area (Å²) in [4.78, 5) is 35.6. The van der Waals surface area contributed by atoms with Crippen molar-refractivity contribution < 1.29 is 63.1 Å². The SMILES string of the molecule is CCCCC/C=C/C/C=C/C/C=C/C/C=C/CCCC(=O)OC(COC(=O)CCCCCCCCCCCCCCC)COP(=O)(O)OC1C(O)C(O)C(O)C(O)C1O. The van der Waals surface area contributed by atoms with Gasteiger partial charge in [-0.25, -0.2) is 4.57 Å². The smallest absolute Gasteiger partial charge is 0.462 e. The zero-order valence-electron chi connectivity index (χ0n) is 36.0. The van der Waals surface area contributed by atoms with E-state index in [0.29, 0.717) is 19.3 Å². The van der Waals surface area contributed by atoms with Gasteiger partial charge >= 0.3 is 19.8 Å². The van der Waals surface area contributed by atoms with E-state index in [2.05, 4.69) is 50.3 Å². The fourth-order valence-electron chi connectivity index (χ4n) is 6.51. The van der Waals surface area contributed by atoms with E-state index in [1.54, 1.807) is 0 Å². The number of carbonyl (C=O) groups excluding carboxylic acids is 2. The van der Waals surface area contributed by atoms with Gasteiger partial charge in [0, 0.05) is 12.8 Å². The molecular formula is C45H79O13P. The molecule has 59 heavy (non-hydrogen) atoms. The van der Waals surface area contributed by atoms with E-state index in [-0.39, 0.29) is 12.8 Å². The summed E-state index contributed by atoms with van der Waals surface area (Å²) in [5.74, 6) is -1.16.